The fourth-order valence-electron chi connectivity index (χ4n) is 1.89. The van der Waals surface area contributed by atoms with Gasteiger partial charge in [0.1, 0.15) is 10.8 Å². The van der Waals surface area contributed by atoms with E-state index >= 15 is 0 Å². The van der Waals surface area contributed by atoms with E-state index in [1.54, 1.807) is 10.6 Å². The highest BCUT2D eigenvalue weighted by atomic mass is 35.5. The maximum absolute atomic E-state index is 12.0. The van der Waals surface area contributed by atoms with Gasteiger partial charge in [0.25, 0.3) is 5.56 Å². The average Bonchev–Trinajstić information content (AvgIpc) is 2.36. The summed E-state index contributed by atoms with van der Waals surface area (Å²) in [5.41, 5.74) is 0.407. The van der Waals surface area contributed by atoms with Crippen LogP contribution in [0, 0.1) is 0 Å². The zero-order chi connectivity index (χ0) is 12.4. The van der Waals surface area contributed by atoms with Crippen molar-refractivity contribution < 1.29 is 5.11 Å². The van der Waals surface area contributed by atoms with Crippen molar-refractivity contribution in [2.45, 2.75) is 26.3 Å². The van der Waals surface area contributed by atoms with Gasteiger partial charge in [-0.25, -0.2) is 0 Å². The Morgan fingerprint density at radius 1 is 1.35 bits per heavy atom. The molecule has 1 heterocycles. The van der Waals surface area contributed by atoms with Crippen LogP contribution >= 0.6 is 11.6 Å². The molecule has 0 spiro atoms. The Labute approximate surface area is 104 Å². The summed E-state index contributed by atoms with van der Waals surface area (Å²) in [5, 5.41) is 10.4. The summed E-state index contributed by atoms with van der Waals surface area (Å²) in [6.45, 7) is 2.69. The fraction of sp³-hybridized carbons (Fsp3) is 0.308. The molecule has 0 aliphatic carbocycles. The number of hydrogen-bond acceptors (Lipinski definition) is 2. The van der Waals surface area contributed by atoms with Crippen LogP contribution < -0.4 is 5.56 Å². The van der Waals surface area contributed by atoms with Gasteiger partial charge in [-0.3, -0.25) is 4.79 Å². The molecule has 0 unspecified atom stereocenters. The lowest BCUT2D eigenvalue weighted by molar-refractivity contribution is 0.478. The highest BCUT2D eigenvalue weighted by molar-refractivity contribution is 6.32. The Morgan fingerprint density at radius 2 is 2.06 bits per heavy atom. The summed E-state index contributed by atoms with van der Waals surface area (Å²) in [6.07, 6.45) is 1.91. The van der Waals surface area contributed by atoms with Gasteiger partial charge in [-0.15, -0.1) is 0 Å². The first-order chi connectivity index (χ1) is 8.16. The highest BCUT2D eigenvalue weighted by Gasteiger charge is 2.13. The van der Waals surface area contributed by atoms with Crippen LogP contribution in [0.3, 0.4) is 0 Å². The third-order valence-corrected chi connectivity index (χ3v) is 3.17. The van der Waals surface area contributed by atoms with Crippen LogP contribution in [0.15, 0.2) is 29.1 Å². The second-order valence-corrected chi connectivity index (χ2v) is 4.37. The Balaban J connectivity index is 2.76. The summed E-state index contributed by atoms with van der Waals surface area (Å²) in [6, 6.07) is 7.24. The second kappa shape index (κ2) is 4.80. The van der Waals surface area contributed by atoms with Gasteiger partial charge in [-0.2, -0.15) is 0 Å². The van der Waals surface area contributed by atoms with Crippen LogP contribution in [0.5, 0.6) is 5.75 Å². The van der Waals surface area contributed by atoms with E-state index in [9.17, 15) is 9.90 Å². The number of aromatic nitrogens is 1. The summed E-state index contributed by atoms with van der Waals surface area (Å²) in [7, 11) is 0. The van der Waals surface area contributed by atoms with Gasteiger partial charge in [-0.05, 0) is 18.6 Å². The van der Waals surface area contributed by atoms with Crippen molar-refractivity contribution in [3.05, 3.63) is 39.6 Å². The van der Waals surface area contributed by atoms with E-state index in [-0.39, 0.29) is 16.3 Å². The minimum atomic E-state index is -0.323. The molecule has 0 aliphatic rings. The van der Waals surface area contributed by atoms with Crippen molar-refractivity contribution in [2.75, 3.05) is 0 Å². The van der Waals surface area contributed by atoms with Crippen molar-refractivity contribution in [3.63, 3.8) is 0 Å². The number of fused-ring (bicyclic) bond motifs is 1. The number of hydrogen-bond donors (Lipinski definition) is 1. The van der Waals surface area contributed by atoms with E-state index in [1.165, 1.54) is 0 Å². The van der Waals surface area contributed by atoms with Crippen LogP contribution in [0.4, 0.5) is 0 Å². The molecule has 1 N–H and O–H groups in total. The molecule has 2 aromatic rings. The summed E-state index contributed by atoms with van der Waals surface area (Å²) in [5.74, 6) is -0.125. The first-order valence-corrected chi connectivity index (χ1v) is 6.04. The van der Waals surface area contributed by atoms with Gasteiger partial charge in [0.05, 0.1) is 5.52 Å². The van der Waals surface area contributed by atoms with E-state index < -0.39 is 0 Å². The minimum absolute atomic E-state index is 0.0974. The Kier molecular flexibility index (Phi) is 3.38. The Morgan fingerprint density at radius 3 is 2.76 bits per heavy atom. The molecule has 1 aromatic carbocycles. The number of aryl methyl sites for hydroxylation is 1. The standard InChI is InChI=1S/C13H14ClNO2/c1-2-3-8-15-10-7-5-4-6-9(10)12(16)11(14)13(15)17/h4-7,16H,2-3,8H2,1H3. The van der Waals surface area contributed by atoms with E-state index in [0.29, 0.717) is 11.9 Å². The predicted molar refractivity (Wildman–Crippen MR) is 69.8 cm³/mol. The normalized spacial score (nSPS) is 10.9. The third-order valence-electron chi connectivity index (χ3n) is 2.83. The van der Waals surface area contributed by atoms with Crippen LogP contribution in [0.25, 0.3) is 10.9 Å². The molecule has 1 aromatic heterocycles. The van der Waals surface area contributed by atoms with Crippen LogP contribution in [0.2, 0.25) is 5.02 Å². The molecule has 4 heteroatoms. The quantitative estimate of drug-likeness (QED) is 0.911. The second-order valence-electron chi connectivity index (χ2n) is 3.99. The molecule has 0 fully saturated rings. The molecular weight excluding hydrogens is 238 g/mol. The topological polar surface area (TPSA) is 42.2 Å². The number of pyridine rings is 1. The SMILES string of the molecule is CCCCn1c(=O)c(Cl)c(O)c2ccccc21. The number of nitrogens with zero attached hydrogens (tertiary/aromatic N) is 1. The molecule has 3 nitrogen and oxygen atoms in total. The van der Waals surface area contributed by atoms with Gasteiger partial charge < -0.3 is 9.67 Å². The van der Waals surface area contributed by atoms with Crippen molar-refractivity contribution in [2.24, 2.45) is 0 Å². The van der Waals surface area contributed by atoms with Gasteiger partial charge >= 0.3 is 0 Å². The number of para-hydroxylation sites is 1. The summed E-state index contributed by atoms with van der Waals surface area (Å²) >= 11 is 5.86. The molecule has 0 saturated heterocycles. The molecule has 0 atom stereocenters. The van der Waals surface area contributed by atoms with E-state index in [4.69, 9.17) is 11.6 Å². The van der Waals surface area contributed by atoms with Gasteiger partial charge in [0, 0.05) is 11.9 Å². The van der Waals surface area contributed by atoms with Crippen LogP contribution in [-0.2, 0) is 6.54 Å². The summed E-state index contributed by atoms with van der Waals surface area (Å²) < 4.78 is 1.63. The third kappa shape index (κ3) is 2.03. The molecule has 0 radical (unpaired) electrons. The van der Waals surface area contributed by atoms with Crippen LogP contribution in [-0.4, -0.2) is 9.67 Å². The number of unbranched alkanes of at least 4 members (excludes halogenated alkanes) is 1. The van der Waals surface area contributed by atoms with Crippen LogP contribution in [0.1, 0.15) is 19.8 Å². The number of benzene rings is 1. The summed E-state index contributed by atoms with van der Waals surface area (Å²) in [4.78, 5) is 12.0. The van der Waals surface area contributed by atoms with E-state index in [2.05, 4.69) is 6.92 Å². The predicted octanol–water partition coefficient (Wildman–Crippen LogP) is 3.16. The van der Waals surface area contributed by atoms with E-state index in [1.807, 2.05) is 18.2 Å². The molecule has 2 rings (SSSR count). The first-order valence-electron chi connectivity index (χ1n) is 5.66. The molecule has 90 valence electrons. The van der Waals surface area contributed by atoms with Gasteiger partial charge in [0.15, 0.2) is 0 Å². The molecule has 17 heavy (non-hydrogen) atoms. The zero-order valence-corrected chi connectivity index (χ0v) is 10.4. The maximum Gasteiger partial charge on any atom is 0.273 e. The Bertz CT molecular complexity index is 604. The zero-order valence-electron chi connectivity index (χ0n) is 9.61. The molecule has 0 amide bonds. The fourth-order valence-corrected chi connectivity index (χ4v) is 2.10. The van der Waals surface area contributed by atoms with Crippen molar-refractivity contribution in [1.29, 1.82) is 0 Å². The average molecular weight is 252 g/mol. The monoisotopic (exact) mass is 251 g/mol. The minimum Gasteiger partial charge on any atom is -0.505 e. The maximum atomic E-state index is 12.0. The van der Waals surface area contributed by atoms with Crippen molar-refractivity contribution in [1.82, 2.24) is 4.57 Å². The molecule has 0 saturated carbocycles. The van der Waals surface area contributed by atoms with Crippen molar-refractivity contribution >= 4 is 22.5 Å². The lowest BCUT2D eigenvalue weighted by Gasteiger charge is -2.11. The van der Waals surface area contributed by atoms with Gasteiger partial charge in [-0.1, -0.05) is 37.1 Å². The number of aromatic hydroxyl groups is 1. The smallest absolute Gasteiger partial charge is 0.273 e. The number of halogens is 1. The Hall–Kier alpha value is -1.48. The molecular formula is C13H14ClNO2. The molecule has 0 aliphatic heterocycles. The molecule has 0 bridgehead atoms. The highest BCUT2D eigenvalue weighted by Crippen LogP contribution is 2.29. The number of rotatable bonds is 3. The lowest BCUT2D eigenvalue weighted by atomic mass is 10.2. The van der Waals surface area contributed by atoms with Gasteiger partial charge in [0.2, 0.25) is 0 Å². The lowest BCUT2D eigenvalue weighted by Crippen LogP contribution is -2.21. The largest absolute Gasteiger partial charge is 0.505 e. The first kappa shape index (κ1) is 12.0. The van der Waals surface area contributed by atoms with E-state index in [0.717, 1.165) is 18.4 Å². The van der Waals surface area contributed by atoms with Crippen molar-refractivity contribution in [3.8, 4) is 5.75 Å².